The van der Waals surface area contributed by atoms with Crippen LogP contribution in [0.2, 0.25) is 0 Å². The smallest absolute Gasteiger partial charge is 0.343 e. The van der Waals surface area contributed by atoms with Crippen LogP contribution in [0, 0.1) is 5.92 Å². The van der Waals surface area contributed by atoms with Crippen molar-refractivity contribution in [3.63, 3.8) is 0 Å². The van der Waals surface area contributed by atoms with E-state index in [4.69, 9.17) is 4.42 Å². The van der Waals surface area contributed by atoms with Crippen LogP contribution in [-0.4, -0.2) is 5.11 Å². The van der Waals surface area contributed by atoms with Crippen molar-refractivity contribution in [1.82, 2.24) is 0 Å². The van der Waals surface area contributed by atoms with Gasteiger partial charge in [0, 0.05) is 17.9 Å². The van der Waals surface area contributed by atoms with E-state index in [0.717, 1.165) is 49.0 Å². The number of fused-ring (bicyclic) bond motifs is 1. The van der Waals surface area contributed by atoms with E-state index in [-0.39, 0.29) is 17.3 Å². The second kappa shape index (κ2) is 7.53. The first-order valence-corrected chi connectivity index (χ1v) is 10.5. The first-order chi connectivity index (χ1) is 13.0. The van der Waals surface area contributed by atoms with Crippen molar-refractivity contribution >= 4 is 0 Å². The van der Waals surface area contributed by atoms with Gasteiger partial charge in [0.05, 0.1) is 5.56 Å². The number of hydrogen-bond acceptors (Lipinski definition) is 3. The minimum absolute atomic E-state index is 0.197. The molecule has 0 radical (unpaired) electrons. The Balaban J connectivity index is 1.73. The van der Waals surface area contributed by atoms with Crippen LogP contribution >= 0.6 is 0 Å². The predicted octanol–water partition coefficient (Wildman–Crippen LogP) is 5.67. The fourth-order valence-corrected chi connectivity index (χ4v) is 4.64. The lowest BCUT2D eigenvalue weighted by atomic mass is 9.89. The summed E-state index contributed by atoms with van der Waals surface area (Å²) < 4.78 is 5.88. The zero-order chi connectivity index (χ0) is 19.0. The molecule has 1 aromatic carbocycles. The van der Waals surface area contributed by atoms with Crippen molar-refractivity contribution in [3.05, 3.63) is 62.7 Å². The summed E-state index contributed by atoms with van der Waals surface area (Å²) in [6, 6.07) is 8.32. The highest BCUT2D eigenvalue weighted by Gasteiger charge is 2.29. The molecule has 0 saturated heterocycles. The van der Waals surface area contributed by atoms with Crippen molar-refractivity contribution in [3.8, 4) is 5.75 Å². The fraction of sp³-hybridized carbons (Fsp3) is 0.542. The van der Waals surface area contributed by atoms with E-state index in [1.54, 1.807) is 0 Å². The highest BCUT2D eigenvalue weighted by molar-refractivity contribution is 5.46. The van der Waals surface area contributed by atoms with E-state index < -0.39 is 0 Å². The molecule has 0 aliphatic heterocycles. The van der Waals surface area contributed by atoms with Crippen LogP contribution < -0.4 is 5.63 Å². The van der Waals surface area contributed by atoms with Gasteiger partial charge in [-0.05, 0) is 61.5 Å². The summed E-state index contributed by atoms with van der Waals surface area (Å²) in [6.45, 7) is 4.40. The van der Waals surface area contributed by atoms with Gasteiger partial charge in [0.1, 0.15) is 11.5 Å². The van der Waals surface area contributed by atoms with Crippen molar-refractivity contribution < 1.29 is 9.52 Å². The third-order valence-electron chi connectivity index (χ3n) is 6.11. The molecule has 3 nitrogen and oxygen atoms in total. The standard InChI is InChI=1S/C24H30O3/c1-15(2)13-18-8-4-6-10-20-22(25)21(24(26)27-23(18)20)14-17-7-3-5-9-19(17)16-11-12-16/h3,5,7,9,15-16,18,25H,4,6,8,10-14H2,1-2H3. The second-order valence-corrected chi connectivity index (χ2v) is 8.78. The molecule has 0 amide bonds. The zero-order valence-electron chi connectivity index (χ0n) is 16.5. The molecule has 1 heterocycles. The zero-order valence-corrected chi connectivity index (χ0v) is 16.5. The molecule has 144 valence electrons. The Hall–Kier alpha value is -2.03. The van der Waals surface area contributed by atoms with Gasteiger partial charge in [-0.3, -0.25) is 0 Å². The van der Waals surface area contributed by atoms with Crippen molar-refractivity contribution in [2.75, 3.05) is 0 Å². The number of hydrogen-bond donors (Lipinski definition) is 1. The first kappa shape index (κ1) is 18.3. The molecular weight excluding hydrogens is 336 g/mol. The largest absolute Gasteiger partial charge is 0.507 e. The Morgan fingerprint density at radius 2 is 1.93 bits per heavy atom. The maximum absolute atomic E-state index is 12.8. The van der Waals surface area contributed by atoms with Gasteiger partial charge in [-0.15, -0.1) is 0 Å². The molecule has 3 heteroatoms. The first-order valence-electron chi connectivity index (χ1n) is 10.5. The number of aromatic hydroxyl groups is 1. The fourth-order valence-electron chi connectivity index (χ4n) is 4.64. The molecule has 0 bridgehead atoms. The lowest BCUT2D eigenvalue weighted by molar-refractivity contribution is 0.355. The van der Waals surface area contributed by atoms with Crippen LogP contribution in [0.4, 0.5) is 0 Å². The van der Waals surface area contributed by atoms with E-state index >= 15 is 0 Å². The third kappa shape index (κ3) is 3.83. The Bertz CT molecular complexity index is 874. The SMILES string of the molecule is CC(C)CC1CCCCc2c1oc(=O)c(Cc1ccccc1C1CC1)c2O. The monoisotopic (exact) mass is 366 g/mol. The minimum atomic E-state index is -0.354. The molecule has 4 rings (SSSR count). The van der Waals surface area contributed by atoms with Crippen LogP contribution in [0.1, 0.15) is 92.2 Å². The third-order valence-corrected chi connectivity index (χ3v) is 6.11. The second-order valence-electron chi connectivity index (χ2n) is 8.78. The molecule has 2 aliphatic rings. The summed E-state index contributed by atoms with van der Waals surface area (Å²) in [4.78, 5) is 12.8. The molecule has 1 N–H and O–H groups in total. The highest BCUT2D eigenvalue weighted by Crippen LogP contribution is 2.43. The predicted molar refractivity (Wildman–Crippen MR) is 108 cm³/mol. The summed E-state index contributed by atoms with van der Waals surface area (Å²) in [5.74, 6) is 2.35. The van der Waals surface area contributed by atoms with Gasteiger partial charge in [-0.2, -0.15) is 0 Å². The molecule has 1 atom stereocenters. The van der Waals surface area contributed by atoms with Gasteiger partial charge in [0.25, 0.3) is 0 Å². The number of rotatable bonds is 5. The van der Waals surface area contributed by atoms with Crippen LogP contribution in [0.5, 0.6) is 5.75 Å². The summed E-state index contributed by atoms with van der Waals surface area (Å²) in [5, 5.41) is 11.0. The van der Waals surface area contributed by atoms with E-state index in [9.17, 15) is 9.90 Å². The van der Waals surface area contributed by atoms with E-state index in [1.807, 2.05) is 6.07 Å². The van der Waals surface area contributed by atoms with Crippen LogP contribution in [0.15, 0.2) is 33.5 Å². The van der Waals surface area contributed by atoms with E-state index in [1.165, 1.54) is 18.4 Å². The lowest BCUT2D eigenvalue weighted by Crippen LogP contribution is -2.15. The summed E-state index contributed by atoms with van der Waals surface area (Å²) in [6.07, 6.45) is 7.91. The minimum Gasteiger partial charge on any atom is -0.507 e. The average molecular weight is 367 g/mol. The topological polar surface area (TPSA) is 50.4 Å². The Morgan fingerprint density at radius 1 is 1.15 bits per heavy atom. The molecule has 1 unspecified atom stereocenters. The molecule has 1 saturated carbocycles. The van der Waals surface area contributed by atoms with Gasteiger partial charge in [0.2, 0.25) is 0 Å². The summed E-state index contributed by atoms with van der Waals surface area (Å²) in [7, 11) is 0. The quantitative estimate of drug-likeness (QED) is 0.694. The summed E-state index contributed by atoms with van der Waals surface area (Å²) >= 11 is 0. The van der Waals surface area contributed by atoms with Crippen molar-refractivity contribution in [2.24, 2.45) is 5.92 Å². The molecule has 1 fully saturated rings. The Kier molecular flexibility index (Phi) is 5.12. The van der Waals surface area contributed by atoms with Crippen LogP contribution in [0.3, 0.4) is 0 Å². The molecule has 2 aromatic rings. The van der Waals surface area contributed by atoms with Gasteiger partial charge < -0.3 is 9.52 Å². The van der Waals surface area contributed by atoms with Gasteiger partial charge in [-0.25, -0.2) is 4.79 Å². The number of benzene rings is 1. The Morgan fingerprint density at radius 3 is 2.67 bits per heavy atom. The van der Waals surface area contributed by atoms with Gasteiger partial charge >= 0.3 is 5.63 Å². The maximum Gasteiger partial charge on any atom is 0.343 e. The molecule has 0 spiro atoms. The van der Waals surface area contributed by atoms with Crippen molar-refractivity contribution in [2.45, 2.75) is 77.0 Å². The van der Waals surface area contributed by atoms with Crippen molar-refractivity contribution in [1.29, 1.82) is 0 Å². The molecule has 2 aliphatic carbocycles. The molecule has 1 aromatic heterocycles. The van der Waals surface area contributed by atoms with E-state index in [2.05, 4.69) is 32.0 Å². The van der Waals surface area contributed by atoms with E-state index in [0.29, 0.717) is 23.8 Å². The normalized spacial score (nSPS) is 19.7. The van der Waals surface area contributed by atoms with Crippen LogP contribution in [-0.2, 0) is 12.8 Å². The maximum atomic E-state index is 12.8. The van der Waals surface area contributed by atoms with Crippen LogP contribution in [0.25, 0.3) is 0 Å². The average Bonchev–Trinajstić information content (AvgIpc) is 3.47. The molecular formula is C24H30O3. The highest BCUT2D eigenvalue weighted by atomic mass is 16.4. The lowest BCUT2D eigenvalue weighted by Gasteiger charge is -2.19. The summed E-state index contributed by atoms with van der Waals surface area (Å²) in [5.41, 5.74) is 3.44. The van der Waals surface area contributed by atoms with Gasteiger partial charge in [-0.1, -0.05) is 44.5 Å². The Labute approximate surface area is 161 Å². The van der Waals surface area contributed by atoms with Gasteiger partial charge in [0.15, 0.2) is 0 Å². The molecule has 27 heavy (non-hydrogen) atoms.